The molecule has 0 saturated carbocycles. The van der Waals surface area contributed by atoms with Crippen LogP contribution in [0.25, 0.3) is 11.0 Å². The maximum atomic E-state index is 12.2. The third-order valence-corrected chi connectivity index (χ3v) is 4.20. The van der Waals surface area contributed by atoms with Crippen molar-refractivity contribution in [2.24, 2.45) is 0 Å². The Labute approximate surface area is 116 Å². The van der Waals surface area contributed by atoms with E-state index in [-0.39, 0.29) is 11.9 Å². The highest BCUT2D eigenvalue weighted by Crippen LogP contribution is 2.20. The fourth-order valence-electron chi connectivity index (χ4n) is 2.25. The van der Waals surface area contributed by atoms with Gasteiger partial charge in [-0.2, -0.15) is 0 Å². The highest BCUT2D eigenvalue weighted by molar-refractivity contribution is 7.99. The molecule has 1 aromatic carbocycles. The van der Waals surface area contributed by atoms with Gasteiger partial charge >= 0.3 is 0 Å². The summed E-state index contributed by atoms with van der Waals surface area (Å²) in [5.41, 5.74) is 0.868. The van der Waals surface area contributed by atoms with Gasteiger partial charge in [0.2, 0.25) is 5.91 Å². The molecule has 1 amide bonds. The summed E-state index contributed by atoms with van der Waals surface area (Å²) in [7, 11) is 1.82. The Morgan fingerprint density at radius 1 is 1.53 bits per heavy atom. The Balaban J connectivity index is 1.71. The average molecular weight is 276 g/mol. The Hall–Kier alpha value is -1.46. The van der Waals surface area contributed by atoms with E-state index in [1.54, 1.807) is 16.7 Å². The number of rotatable bonds is 3. The lowest BCUT2D eigenvalue weighted by atomic mass is 10.2. The molecule has 1 atom stereocenters. The van der Waals surface area contributed by atoms with E-state index in [0.717, 1.165) is 28.4 Å². The average Bonchev–Trinajstić information content (AvgIpc) is 3.06. The van der Waals surface area contributed by atoms with Crippen LogP contribution in [0.5, 0.6) is 0 Å². The first-order valence-electron chi connectivity index (χ1n) is 6.27. The normalized spacial score (nSPS) is 18.9. The number of fused-ring (bicyclic) bond motifs is 1. The van der Waals surface area contributed by atoms with Crippen LogP contribution in [0.1, 0.15) is 5.76 Å². The first kappa shape index (κ1) is 12.6. The SMILES string of the molecule is CN(Cc1cc2ccccc2o1)C(=O)C1CSCN1. The summed E-state index contributed by atoms with van der Waals surface area (Å²) in [6, 6.07) is 9.82. The van der Waals surface area contributed by atoms with Gasteiger partial charge in [0.1, 0.15) is 11.3 Å². The number of likely N-dealkylation sites (N-methyl/N-ethyl adjacent to an activating group) is 1. The molecule has 1 aromatic heterocycles. The molecule has 2 aromatic rings. The number of furan rings is 1. The Morgan fingerprint density at radius 3 is 3.11 bits per heavy atom. The molecule has 4 nitrogen and oxygen atoms in total. The first-order valence-corrected chi connectivity index (χ1v) is 7.43. The summed E-state index contributed by atoms with van der Waals surface area (Å²) >= 11 is 1.76. The number of carbonyl (C=O) groups is 1. The molecule has 1 aliphatic rings. The maximum Gasteiger partial charge on any atom is 0.240 e. The Kier molecular flexibility index (Phi) is 3.48. The van der Waals surface area contributed by atoms with Crippen LogP contribution in [-0.4, -0.2) is 35.5 Å². The lowest BCUT2D eigenvalue weighted by Gasteiger charge is -2.19. The highest BCUT2D eigenvalue weighted by atomic mass is 32.2. The van der Waals surface area contributed by atoms with Gasteiger partial charge in [-0.15, -0.1) is 11.8 Å². The van der Waals surface area contributed by atoms with Crippen molar-refractivity contribution in [3.8, 4) is 0 Å². The summed E-state index contributed by atoms with van der Waals surface area (Å²) in [4.78, 5) is 13.9. The van der Waals surface area contributed by atoms with Gasteiger partial charge in [-0.1, -0.05) is 18.2 Å². The van der Waals surface area contributed by atoms with Crippen molar-refractivity contribution in [1.29, 1.82) is 0 Å². The summed E-state index contributed by atoms with van der Waals surface area (Å²) in [5, 5.41) is 4.27. The quantitative estimate of drug-likeness (QED) is 0.932. The van der Waals surface area contributed by atoms with E-state index < -0.39 is 0 Å². The molecule has 1 saturated heterocycles. The van der Waals surface area contributed by atoms with E-state index in [0.29, 0.717) is 6.54 Å². The van der Waals surface area contributed by atoms with Crippen LogP contribution >= 0.6 is 11.8 Å². The lowest BCUT2D eigenvalue weighted by Crippen LogP contribution is -2.42. The molecule has 1 fully saturated rings. The number of benzene rings is 1. The molecule has 3 rings (SSSR count). The van der Waals surface area contributed by atoms with Crippen LogP contribution < -0.4 is 5.32 Å². The minimum Gasteiger partial charge on any atom is -0.459 e. The van der Waals surface area contributed by atoms with Gasteiger partial charge in [0.25, 0.3) is 0 Å². The van der Waals surface area contributed by atoms with Crippen molar-refractivity contribution < 1.29 is 9.21 Å². The first-order chi connectivity index (χ1) is 9.24. The summed E-state index contributed by atoms with van der Waals surface area (Å²) in [6.45, 7) is 0.510. The Morgan fingerprint density at radius 2 is 2.37 bits per heavy atom. The monoisotopic (exact) mass is 276 g/mol. The second-order valence-electron chi connectivity index (χ2n) is 4.72. The van der Waals surface area contributed by atoms with Gasteiger partial charge in [-0.25, -0.2) is 0 Å². The molecule has 0 radical (unpaired) electrons. The largest absolute Gasteiger partial charge is 0.459 e. The van der Waals surface area contributed by atoms with Crippen molar-refractivity contribution in [3.05, 3.63) is 36.1 Å². The van der Waals surface area contributed by atoms with E-state index >= 15 is 0 Å². The molecular formula is C14H16N2O2S. The number of nitrogens with zero attached hydrogens (tertiary/aromatic N) is 1. The number of carbonyl (C=O) groups excluding carboxylic acids is 1. The molecule has 1 unspecified atom stereocenters. The van der Waals surface area contributed by atoms with Gasteiger partial charge in [0.05, 0.1) is 12.6 Å². The zero-order valence-corrected chi connectivity index (χ0v) is 11.6. The molecular weight excluding hydrogens is 260 g/mol. The minimum atomic E-state index is -0.0561. The van der Waals surface area contributed by atoms with Crippen molar-refractivity contribution in [1.82, 2.24) is 10.2 Å². The summed E-state index contributed by atoms with van der Waals surface area (Å²) in [5.74, 6) is 2.66. The minimum absolute atomic E-state index is 0.0561. The highest BCUT2D eigenvalue weighted by Gasteiger charge is 2.25. The number of nitrogens with one attached hydrogen (secondary N) is 1. The number of thioether (sulfide) groups is 1. The van der Waals surface area contributed by atoms with Crippen LogP contribution in [0.4, 0.5) is 0 Å². The van der Waals surface area contributed by atoms with Gasteiger partial charge in [0, 0.05) is 24.1 Å². The van der Waals surface area contributed by atoms with Crippen molar-refractivity contribution in [2.75, 3.05) is 18.7 Å². The topological polar surface area (TPSA) is 45.5 Å². The van der Waals surface area contributed by atoms with Crippen molar-refractivity contribution in [3.63, 3.8) is 0 Å². The zero-order valence-electron chi connectivity index (χ0n) is 10.8. The van der Waals surface area contributed by atoms with E-state index in [2.05, 4.69) is 5.32 Å². The van der Waals surface area contributed by atoms with Crippen LogP contribution in [0.15, 0.2) is 34.7 Å². The maximum absolute atomic E-state index is 12.2. The fraction of sp³-hybridized carbons (Fsp3) is 0.357. The Bertz CT molecular complexity index is 557. The van der Waals surface area contributed by atoms with Crippen LogP contribution in [0.3, 0.4) is 0 Å². The number of hydrogen-bond acceptors (Lipinski definition) is 4. The molecule has 0 aliphatic carbocycles. The third-order valence-electron chi connectivity index (χ3n) is 3.26. The zero-order chi connectivity index (χ0) is 13.2. The summed E-state index contributed by atoms with van der Waals surface area (Å²) < 4.78 is 5.73. The fourth-order valence-corrected chi connectivity index (χ4v) is 3.18. The molecule has 19 heavy (non-hydrogen) atoms. The molecule has 2 heterocycles. The second kappa shape index (κ2) is 5.27. The standard InChI is InChI=1S/C14H16N2O2S/c1-16(14(17)12-8-19-9-15-12)7-11-6-10-4-2-3-5-13(10)18-11/h2-6,12,15H,7-9H2,1H3. The van der Waals surface area contributed by atoms with Crippen LogP contribution in [0, 0.1) is 0 Å². The predicted molar refractivity (Wildman–Crippen MR) is 76.9 cm³/mol. The molecule has 0 spiro atoms. The van der Waals surface area contributed by atoms with Gasteiger partial charge in [0.15, 0.2) is 0 Å². The molecule has 1 aliphatic heterocycles. The summed E-state index contributed by atoms with van der Waals surface area (Å²) in [6.07, 6.45) is 0. The van der Waals surface area contributed by atoms with Crippen LogP contribution in [-0.2, 0) is 11.3 Å². The number of amides is 1. The number of hydrogen-bond donors (Lipinski definition) is 1. The number of para-hydroxylation sites is 1. The van der Waals surface area contributed by atoms with E-state index in [1.165, 1.54) is 0 Å². The van der Waals surface area contributed by atoms with Crippen molar-refractivity contribution >= 4 is 28.6 Å². The molecule has 100 valence electrons. The van der Waals surface area contributed by atoms with Crippen molar-refractivity contribution in [2.45, 2.75) is 12.6 Å². The second-order valence-corrected chi connectivity index (χ2v) is 5.75. The van der Waals surface area contributed by atoms with Gasteiger partial charge in [-0.05, 0) is 12.1 Å². The molecule has 1 N–H and O–H groups in total. The van der Waals surface area contributed by atoms with Gasteiger partial charge < -0.3 is 9.32 Å². The predicted octanol–water partition coefficient (Wildman–Crippen LogP) is 2.05. The molecule has 0 bridgehead atoms. The molecule has 5 heteroatoms. The van der Waals surface area contributed by atoms with Gasteiger partial charge in [-0.3, -0.25) is 10.1 Å². The van der Waals surface area contributed by atoms with Crippen LogP contribution in [0.2, 0.25) is 0 Å². The van der Waals surface area contributed by atoms with E-state index in [9.17, 15) is 4.79 Å². The lowest BCUT2D eigenvalue weighted by molar-refractivity contribution is -0.132. The van der Waals surface area contributed by atoms with E-state index in [1.807, 2.05) is 37.4 Å². The third kappa shape index (κ3) is 2.62. The smallest absolute Gasteiger partial charge is 0.240 e. The van der Waals surface area contributed by atoms with E-state index in [4.69, 9.17) is 4.42 Å².